The Labute approximate surface area is 92.0 Å². The first-order chi connectivity index (χ1) is 6.11. The van der Waals surface area contributed by atoms with Crippen molar-refractivity contribution >= 4 is 33.2 Å². The Morgan fingerprint density at radius 1 is 1.69 bits per heavy atom. The lowest BCUT2D eigenvalue weighted by molar-refractivity contribution is 0.856. The Morgan fingerprint density at radius 2 is 2.38 bits per heavy atom. The molecule has 1 heterocycles. The molecule has 0 saturated carbocycles. The van der Waals surface area contributed by atoms with Crippen LogP contribution in [0.2, 0.25) is 0 Å². The van der Waals surface area contributed by atoms with Gasteiger partial charge in [-0.15, -0.1) is 11.6 Å². The van der Waals surface area contributed by atoms with Gasteiger partial charge in [0, 0.05) is 31.4 Å². The van der Waals surface area contributed by atoms with Crippen LogP contribution in [0.25, 0.3) is 0 Å². The van der Waals surface area contributed by atoms with E-state index in [4.69, 9.17) is 11.6 Å². The standard InChI is InChI=1S/C9H12BrClN2/c1-7(11)6-13(2)9-3-4-12-5-8(9)10/h3-5,7H,6H2,1-2H3. The molecule has 0 aliphatic rings. The summed E-state index contributed by atoms with van der Waals surface area (Å²) < 4.78 is 0.995. The fourth-order valence-electron chi connectivity index (χ4n) is 1.15. The number of hydrogen-bond donors (Lipinski definition) is 0. The number of rotatable bonds is 3. The smallest absolute Gasteiger partial charge is 0.0592 e. The van der Waals surface area contributed by atoms with Crippen molar-refractivity contribution in [3.63, 3.8) is 0 Å². The molecule has 0 radical (unpaired) electrons. The molecule has 2 nitrogen and oxygen atoms in total. The highest BCUT2D eigenvalue weighted by Gasteiger charge is 2.07. The van der Waals surface area contributed by atoms with Crippen LogP contribution in [0.5, 0.6) is 0 Å². The minimum Gasteiger partial charge on any atom is -0.372 e. The Morgan fingerprint density at radius 3 is 2.92 bits per heavy atom. The lowest BCUT2D eigenvalue weighted by Crippen LogP contribution is -2.24. The molecular weight excluding hydrogens is 251 g/mol. The fourth-order valence-corrected chi connectivity index (χ4v) is 1.91. The van der Waals surface area contributed by atoms with Gasteiger partial charge in [0.2, 0.25) is 0 Å². The van der Waals surface area contributed by atoms with Gasteiger partial charge in [-0.1, -0.05) is 0 Å². The molecule has 0 amide bonds. The molecule has 1 aromatic heterocycles. The number of halogens is 2. The van der Waals surface area contributed by atoms with Gasteiger partial charge in [0.15, 0.2) is 0 Å². The number of nitrogens with zero attached hydrogens (tertiary/aromatic N) is 2. The predicted molar refractivity (Wildman–Crippen MR) is 60.5 cm³/mol. The zero-order valence-corrected chi connectivity index (χ0v) is 10.0. The molecule has 72 valence electrons. The highest BCUT2D eigenvalue weighted by molar-refractivity contribution is 9.10. The molecule has 1 atom stereocenters. The second-order valence-electron chi connectivity index (χ2n) is 2.99. The molecule has 0 fully saturated rings. The van der Waals surface area contributed by atoms with Crippen molar-refractivity contribution in [2.24, 2.45) is 0 Å². The van der Waals surface area contributed by atoms with Crippen molar-refractivity contribution in [3.8, 4) is 0 Å². The molecule has 0 N–H and O–H groups in total. The fraction of sp³-hybridized carbons (Fsp3) is 0.444. The van der Waals surface area contributed by atoms with E-state index < -0.39 is 0 Å². The van der Waals surface area contributed by atoms with Gasteiger partial charge in [-0.2, -0.15) is 0 Å². The largest absolute Gasteiger partial charge is 0.372 e. The number of hydrogen-bond acceptors (Lipinski definition) is 2. The third kappa shape index (κ3) is 3.16. The van der Waals surface area contributed by atoms with Crippen LogP contribution in [0.1, 0.15) is 6.92 Å². The third-order valence-electron chi connectivity index (χ3n) is 1.69. The molecule has 1 unspecified atom stereocenters. The number of pyridine rings is 1. The van der Waals surface area contributed by atoms with E-state index >= 15 is 0 Å². The van der Waals surface area contributed by atoms with Gasteiger partial charge < -0.3 is 4.90 Å². The zero-order chi connectivity index (χ0) is 9.84. The first-order valence-corrected chi connectivity index (χ1v) is 5.29. The van der Waals surface area contributed by atoms with E-state index in [9.17, 15) is 0 Å². The van der Waals surface area contributed by atoms with Crippen LogP contribution in [0.4, 0.5) is 5.69 Å². The SMILES string of the molecule is CC(Cl)CN(C)c1ccncc1Br. The summed E-state index contributed by atoms with van der Waals surface area (Å²) in [7, 11) is 2.01. The van der Waals surface area contributed by atoms with E-state index in [0.717, 1.165) is 16.7 Å². The second-order valence-corrected chi connectivity index (χ2v) is 4.59. The minimum atomic E-state index is 0.144. The van der Waals surface area contributed by atoms with Gasteiger partial charge in [0.1, 0.15) is 0 Å². The molecule has 0 aliphatic carbocycles. The monoisotopic (exact) mass is 262 g/mol. The number of aromatic nitrogens is 1. The Hall–Kier alpha value is -0.280. The quantitative estimate of drug-likeness (QED) is 0.780. The highest BCUT2D eigenvalue weighted by Crippen LogP contribution is 2.23. The summed E-state index contributed by atoms with van der Waals surface area (Å²) in [5.41, 5.74) is 1.11. The Balaban J connectivity index is 2.76. The molecule has 4 heteroatoms. The van der Waals surface area contributed by atoms with Crippen LogP contribution < -0.4 is 4.90 Å². The Bertz CT molecular complexity index is 278. The van der Waals surface area contributed by atoms with Crippen LogP contribution in [0.15, 0.2) is 22.9 Å². The zero-order valence-electron chi connectivity index (χ0n) is 7.67. The van der Waals surface area contributed by atoms with E-state index in [2.05, 4.69) is 25.8 Å². The molecule has 1 aromatic rings. The molecule has 13 heavy (non-hydrogen) atoms. The normalized spacial score (nSPS) is 12.6. The predicted octanol–water partition coefficient (Wildman–Crippen LogP) is 2.91. The molecule has 0 bridgehead atoms. The van der Waals surface area contributed by atoms with Gasteiger partial charge >= 0.3 is 0 Å². The van der Waals surface area contributed by atoms with Crippen LogP contribution >= 0.6 is 27.5 Å². The van der Waals surface area contributed by atoms with Gasteiger partial charge in [-0.25, -0.2) is 0 Å². The van der Waals surface area contributed by atoms with E-state index in [0.29, 0.717) is 0 Å². The summed E-state index contributed by atoms with van der Waals surface area (Å²) in [6.45, 7) is 2.80. The molecule has 0 aliphatic heterocycles. The summed E-state index contributed by atoms with van der Waals surface area (Å²) in [5.74, 6) is 0. The maximum absolute atomic E-state index is 5.90. The first-order valence-electron chi connectivity index (χ1n) is 4.06. The van der Waals surface area contributed by atoms with Crippen molar-refractivity contribution in [2.45, 2.75) is 12.3 Å². The second kappa shape index (κ2) is 4.82. The van der Waals surface area contributed by atoms with Crippen LogP contribution in [-0.4, -0.2) is 24.0 Å². The molecule has 0 spiro atoms. The summed E-state index contributed by atoms with van der Waals surface area (Å²) in [5, 5.41) is 0.144. The summed E-state index contributed by atoms with van der Waals surface area (Å²) in [6.07, 6.45) is 3.56. The maximum atomic E-state index is 5.90. The molecule has 0 saturated heterocycles. The summed E-state index contributed by atoms with van der Waals surface area (Å²) in [4.78, 5) is 6.10. The van der Waals surface area contributed by atoms with Crippen molar-refractivity contribution in [2.75, 3.05) is 18.5 Å². The van der Waals surface area contributed by atoms with Gasteiger partial charge in [-0.05, 0) is 28.9 Å². The maximum Gasteiger partial charge on any atom is 0.0592 e. The summed E-state index contributed by atoms with van der Waals surface area (Å²) >= 11 is 9.34. The van der Waals surface area contributed by atoms with E-state index in [1.54, 1.807) is 12.4 Å². The van der Waals surface area contributed by atoms with Crippen molar-refractivity contribution in [1.29, 1.82) is 0 Å². The van der Waals surface area contributed by atoms with Gasteiger partial charge in [0.05, 0.1) is 10.2 Å². The van der Waals surface area contributed by atoms with Gasteiger partial charge in [-0.3, -0.25) is 4.98 Å². The third-order valence-corrected chi connectivity index (χ3v) is 2.44. The topological polar surface area (TPSA) is 16.1 Å². The molecular formula is C9H12BrClN2. The number of anilines is 1. The minimum absolute atomic E-state index is 0.144. The van der Waals surface area contributed by atoms with Gasteiger partial charge in [0.25, 0.3) is 0 Å². The van der Waals surface area contributed by atoms with E-state index in [1.165, 1.54) is 0 Å². The lowest BCUT2D eigenvalue weighted by Gasteiger charge is -2.21. The molecule has 1 rings (SSSR count). The van der Waals surface area contributed by atoms with Crippen LogP contribution in [-0.2, 0) is 0 Å². The van der Waals surface area contributed by atoms with E-state index in [1.807, 2.05) is 20.0 Å². The van der Waals surface area contributed by atoms with Crippen molar-refractivity contribution < 1.29 is 0 Å². The number of alkyl halides is 1. The first kappa shape index (κ1) is 10.8. The summed E-state index contributed by atoms with van der Waals surface area (Å²) in [6, 6.07) is 1.96. The van der Waals surface area contributed by atoms with E-state index in [-0.39, 0.29) is 5.38 Å². The lowest BCUT2D eigenvalue weighted by atomic mass is 10.3. The van der Waals surface area contributed by atoms with Crippen LogP contribution in [0.3, 0.4) is 0 Å². The van der Waals surface area contributed by atoms with Crippen molar-refractivity contribution in [3.05, 3.63) is 22.9 Å². The van der Waals surface area contributed by atoms with Crippen molar-refractivity contribution in [1.82, 2.24) is 4.98 Å². The molecule has 0 aromatic carbocycles. The van der Waals surface area contributed by atoms with Crippen LogP contribution in [0, 0.1) is 0 Å². The average molecular weight is 264 g/mol. The average Bonchev–Trinajstić information content (AvgIpc) is 2.03. The highest BCUT2D eigenvalue weighted by atomic mass is 79.9. The Kier molecular flexibility index (Phi) is 4.00.